The maximum atomic E-state index is 4.51. The van der Waals surface area contributed by atoms with E-state index in [2.05, 4.69) is 67.4 Å². The molecule has 0 bridgehead atoms. The first-order chi connectivity index (χ1) is 8.69. The molecule has 0 aliphatic rings. The van der Waals surface area contributed by atoms with Crippen LogP contribution in [-0.4, -0.2) is 4.98 Å². The van der Waals surface area contributed by atoms with Crippen LogP contribution in [0, 0.1) is 0 Å². The van der Waals surface area contributed by atoms with Crippen molar-refractivity contribution in [3.05, 3.63) is 72.1 Å². The standard InChI is InChI=1S/C17H16N.2ClH.Cr/c1-17(2,16-9-5-6-12-18-16)15-11-10-13-7-3-4-8-14(13)15;;;/h3-12H,1-2H3;2*1H;/q-1;;;. The van der Waals surface area contributed by atoms with E-state index in [1.54, 1.807) is 0 Å². The Hall–Kier alpha value is -0.908. The summed E-state index contributed by atoms with van der Waals surface area (Å²) in [6.07, 6.45) is 1.86. The molecule has 0 aliphatic carbocycles. The average molecular weight is 359 g/mol. The minimum absolute atomic E-state index is 0. The van der Waals surface area contributed by atoms with Crippen molar-refractivity contribution in [1.29, 1.82) is 0 Å². The first-order valence-corrected chi connectivity index (χ1v) is 6.26. The number of hydrogen-bond acceptors (Lipinski definition) is 1. The van der Waals surface area contributed by atoms with E-state index in [-0.39, 0.29) is 47.6 Å². The van der Waals surface area contributed by atoms with Crippen molar-refractivity contribution < 1.29 is 17.4 Å². The van der Waals surface area contributed by atoms with E-state index >= 15 is 0 Å². The third-order valence-electron chi connectivity index (χ3n) is 3.66. The Kier molecular flexibility index (Phi) is 7.58. The first-order valence-electron chi connectivity index (χ1n) is 6.26. The van der Waals surface area contributed by atoms with Crippen LogP contribution in [0.1, 0.15) is 25.1 Å². The number of hydrogen-bond donors (Lipinski definition) is 0. The summed E-state index contributed by atoms with van der Waals surface area (Å²) in [7, 11) is 0. The molecular weight excluding hydrogens is 341 g/mol. The monoisotopic (exact) mass is 358 g/mol. The van der Waals surface area contributed by atoms with Gasteiger partial charge < -0.3 is 0 Å². The second kappa shape index (κ2) is 7.92. The summed E-state index contributed by atoms with van der Waals surface area (Å²) in [5.74, 6) is 0. The molecule has 0 atom stereocenters. The van der Waals surface area contributed by atoms with Crippen LogP contribution in [0.3, 0.4) is 0 Å². The molecular formula is C17H18Cl2CrN-. The molecule has 1 nitrogen and oxygen atoms in total. The number of benzene rings is 1. The van der Waals surface area contributed by atoms with E-state index in [0.717, 1.165) is 5.69 Å². The van der Waals surface area contributed by atoms with E-state index in [1.807, 2.05) is 12.3 Å². The largest absolute Gasteiger partial charge is 0.261 e. The van der Waals surface area contributed by atoms with Crippen molar-refractivity contribution in [2.45, 2.75) is 19.3 Å². The summed E-state index contributed by atoms with van der Waals surface area (Å²) in [4.78, 5) is 4.51. The van der Waals surface area contributed by atoms with Gasteiger partial charge in [0, 0.05) is 29.3 Å². The SMILES string of the molecule is CC(C)(c1ccccn1)[c-]1ccc2ccccc21.Cl.Cl.[Cr]. The van der Waals surface area contributed by atoms with Crippen LogP contribution in [0.5, 0.6) is 0 Å². The predicted molar refractivity (Wildman–Crippen MR) is 90.4 cm³/mol. The van der Waals surface area contributed by atoms with Crippen LogP contribution in [0.4, 0.5) is 0 Å². The number of fused-ring (bicyclic) bond motifs is 1. The van der Waals surface area contributed by atoms with Gasteiger partial charge in [-0.3, -0.25) is 4.98 Å². The molecule has 112 valence electrons. The van der Waals surface area contributed by atoms with Gasteiger partial charge in [-0.05, 0) is 17.5 Å². The molecule has 0 radical (unpaired) electrons. The van der Waals surface area contributed by atoms with Crippen molar-refractivity contribution in [1.82, 2.24) is 4.98 Å². The van der Waals surface area contributed by atoms with Gasteiger partial charge in [-0.1, -0.05) is 26.0 Å². The fourth-order valence-electron chi connectivity index (χ4n) is 2.57. The van der Waals surface area contributed by atoms with Gasteiger partial charge in [-0.15, -0.1) is 65.4 Å². The van der Waals surface area contributed by atoms with Gasteiger partial charge in [0.2, 0.25) is 0 Å². The maximum absolute atomic E-state index is 4.51. The number of nitrogens with zero attached hydrogens (tertiary/aromatic N) is 1. The second-order valence-electron chi connectivity index (χ2n) is 5.17. The quantitative estimate of drug-likeness (QED) is 0.579. The van der Waals surface area contributed by atoms with Crippen LogP contribution in [0.2, 0.25) is 0 Å². The molecule has 0 fully saturated rings. The molecule has 1 aromatic heterocycles. The van der Waals surface area contributed by atoms with Gasteiger partial charge in [-0.2, -0.15) is 6.07 Å². The Bertz CT molecular complexity index is 677. The van der Waals surface area contributed by atoms with Crippen LogP contribution in [-0.2, 0) is 22.8 Å². The van der Waals surface area contributed by atoms with Crippen molar-refractivity contribution in [3.63, 3.8) is 0 Å². The summed E-state index contributed by atoms with van der Waals surface area (Å²) < 4.78 is 0. The van der Waals surface area contributed by atoms with E-state index in [0.29, 0.717) is 0 Å². The van der Waals surface area contributed by atoms with E-state index < -0.39 is 0 Å². The predicted octanol–water partition coefficient (Wildman–Crippen LogP) is 5.12. The average Bonchev–Trinajstić information content (AvgIpc) is 2.84. The van der Waals surface area contributed by atoms with Gasteiger partial charge >= 0.3 is 0 Å². The third-order valence-corrected chi connectivity index (χ3v) is 3.66. The molecule has 3 rings (SSSR count). The van der Waals surface area contributed by atoms with Gasteiger partial charge in [0.1, 0.15) is 0 Å². The number of rotatable bonds is 2. The topological polar surface area (TPSA) is 12.9 Å². The Balaban J connectivity index is 0.00000133. The van der Waals surface area contributed by atoms with Crippen molar-refractivity contribution in [2.24, 2.45) is 0 Å². The fourth-order valence-corrected chi connectivity index (χ4v) is 2.57. The van der Waals surface area contributed by atoms with Crippen molar-refractivity contribution >= 4 is 35.6 Å². The van der Waals surface area contributed by atoms with E-state index in [1.165, 1.54) is 16.3 Å². The minimum Gasteiger partial charge on any atom is -0.261 e. The van der Waals surface area contributed by atoms with E-state index in [4.69, 9.17) is 0 Å². The first kappa shape index (κ1) is 20.1. The molecule has 0 N–H and O–H groups in total. The third kappa shape index (κ3) is 3.65. The normalized spacial score (nSPS) is 10.2. The molecule has 0 saturated heterocycles. The summed E-state index contributed by atoms with van der Waals surface area (Å²) in [6, 6.07) is 19.1. The Morgan fingerprint density at radius 1 is 0.905 bits per heavy atom. The van der Waals surface area contributed by atoms with Gasteiger partial charge in [0.15, 0.2) is 0 Å². The van der Waals surface area contributed by atoms with Gasteiger partial charge in [0.25, 0.3) is 0 Å². The summed E-state index contributed by atoms with van der Waals surface area (Å²) in [6.45, 7) is 4.47. The second-order valence-corrected chi connectivity index (χ2v) is 5.17. The Morgan fingerprint density at radius 3 is 2.24 bits per heavy atom. The zero-order chi connectivity index (χ0) is 12.6. The molecule has 21 heavy (non-hydrogen) atoms. The zero-order valence-corrected chi connectivity index (χ0v) is 14.9. The Morgan fingerprint density at radius 2 is 1.57 bits per heavy atom. The molecule has 4 heteroatoms. The number of aromatic nitrogens is 1. The zero-order valence-electron chi connectivity index (χ0n) is 11.9. The van der Waals surface area contributed by atoms with Crippen molar-refractivity contribution in [2.75, 3.05) is 0 Å². The van der Waals surface area contributed by atoms with Gasteiger partial charge in [0.05, 0.1) is 0 Å². The van der Waals surface area contributed by atoms with Crippen LogP contribution in [0.25, 0.3) is 10.8 Å². The van der Waals surface area contributed by atoms with Crippen LogP contribution in [0.15, 0.2) is 60.8 Å². The molecule has 1 heterocycles. The maximum Gasteiger partial charge on any atom is 0.0416 e. The summed E-state index contributed by atoms with van der Waals surface area (Å²) in [5.41, 5.74) is 2.39. The molecule has 0 aliphatic heterocycles. The van der Waals surface area contributed by atoms with Crippen molar-refractivity contribution in [3.8, 4) is 0 Å². The Labute approximate surface area is 149 Å². The van der Waals surface area contributed by atoms with Crippen LogP contribution >= 0.6 is 24.8 Å². The molecule has 2 aromatic carbocycles. The van der Waals surface area contributed by atoms with Gasteiger partial charge in [-0.25, -0.2) is 0 Å². The fraction of sp³-hybridized carbons (Fsp3) is 0.176. The minimum atomic E-state index is -0.0651. The number of halogens is 2. The molecule has 0 amide bonds. The smallest absolute Gasteiger partial charge is 0.0416 e. The molecule has 3 aromatic rings. The van der Waals surface area contributed by atoms with Crippen LogP contribution < -0.4 is 0 Å². The molecule has 0 saturated carbocycles. The molecule has 0 spiro atoms. The van der Waals surface area contributed by atoms with E-state index in [9.17, 15) is 0 Å². The summed E-state index contributed by atoms with van der Waals surface area (Å²) >= 11 is 0. The molecule has 0 unspecified atom stereocenters. The number of pyridine rings is 1. The summed E-state index contributed by atoms with van der Waals surface area (Å²) in [5, 5.41) is 2.63.